The molecule has 1 aromatic rings. The zero-order chi connectivity index (χ0) is 14.4. The summed E-state index contributed by atoms with van der Waals surface area (Å²) in [5, 5.41) is 9.09. The van der Waals surface area contributed by atoms with Crippen molar-refractivity contribution in [2.75, 3.05) is 26.2 Å². The summed E-state index contributed by atoms with van der Waals surface area (Å²) in [5.41, 5.74) is 0.234. The van der Waals surface area contributed by atoms with Gasteiger partial charge in [-0.05, 0) is 37.4 Å². The van der Waals surface area contributed by atoms with Crippen molar-refractivity contribution in [1.82, 2.24) is 4.90 Å². The molecule has 4 heteroatoms. The Morgan fingerprint density at radius 3 is 3.00 bits per heavy atom. The molecule has 1 aliphatic heterocycles. The van der Waals surface area contributed by atoms with Crippen LogP contribution in [0.1, 0.15) is 36.5 Å². The molecule has 0 bridgehead atoms. The van der Waals surface area contributed by atoms with E-state index in [2.05, 4.69) is 11.8 Å². The van der Waals surface area contributed by atoms with Crippen LogP contribution in [0.25, 0.3) is 0 Å². The Hall–Kier alpha value is -1.55. The van der Waals surface area contributed by atoms with E-state index in [1.165, 1.54) is 19.3 Å². The average Bonchev–Trinajstić information content (AvgIpc) is 2.48. The predicted octanol–water partition coefficient (Wildman–Crippen LogP) is 2.89. The van der Waals surface area contributed by atoms with Crippen molar-refractivity contribution < 1.29 is 14.6 Å². The van der Waals surface area contributed by atoms with Crippen molar-refractivity contribution in [1.29, 1.82) is 0 Å². The molecule has 0 radical (unpaired) electrons. The molecule has 110 valence electrons. The molecule has 0 saturated carbocycles. The number of carboxylic acids is 1. The Bertz CT molecular complexity index is 447. The fourth-order valence-electron chi connectivity index (χ4n) is 2.74. The molecule has 0 aromatic heterocycles. The van der Waals surface area contributed by atoms with Crippen LogP contribution in [0.4, 0.5) is 0 Å². The van der Waals surface area contributed by atoms with Crippen LogP contribution in [0.3, 0.4) is 0 Å². The lowest BCUT2D eigenvalue weighted by Crippen LogP contribution is -2.37. The number of aromatic carboxylic acids is 1. The fourth-order valence-corrected chi connectivity index (χ4v) is 2.74. The van der Waals surface area contributed by atoms with E-state index in [0.29, 0.717) is 12.4 Å². The summed E-state index contributed by atoms with van der Waals surface area (Å²) in [5.74, 6) is 0.323. The number of hydrogen-bond acceptors (Lipinski definition) is 3. The van der Waals surface area contributed by atoms with Gasteiger partial charge in [0.25, 0.3) is 0 Å². The van der Waals surface area contributed by atoms with Crippen LogP contribution in [-0.4, -0.2) is 42.2 Å². The Morgan fingerprint density at radius 2 is 2.25 bits per heavy atom. The van der Waals surface area contributed by atoms with Crippen LogP contribution in [0.5, 0.6) is 5.75 Å². The van der Waals surface area contributed by atoms with Gasteiger partial charge in [-0.1, -0.05) is 25.5 Å². The second-order valence-corrected chi connectivity index (χ2v) is 5.37. The number of likely N-dealkylation sites (tertiary alicyclic amines) is 1. The monoisotopic (exact) mass is 277 g/mol. The largest absolute Gasteiger partial charge is 0.491 e. The number of piperidine rings is 1. The minimum Gasteiger partial charge on any atom is -0.491 e. The van der Waals surface area contributed by atoms with Gasteiger partial charge >= 0.3 is 5.97 Å². The van der Waals surface area contributed by atoms with E-state index in [0.717, 1.165) is 25.6 Å². The molecule has 4 nitrogen and oxygen atoms in total. The lowest BCUT2D eigenvalue weighted by molar-refractivity contribution is 0.0691. The summed E-state index contributed by atoms with van der Waals surface area (Å²) >= 11 is 0. The third kappa shape index (κ3) is 3.97. The number of benzene rings is 1. The number of rotatable bonds is 6. The van der Waals surface area contributed by atoms with Crippen LogP contribution < -0.4 is 4.74 Å². The lowest BCUT2D eigenvalue weighted by atomic mass is 9.96. The highest BCUT2D eigenvalue weighted by Crippen LogP contribution is 2.20. The van der Waals surface area contributed by atoms with Crippen molar-refractivity contribution >= 4 is 5.97 Å². The average molecular weight is 277 g/mol. The molecule has 0 spiro atoms. The number of para-hydroxylation sites is 1. The van der Waals surface area contributed by atoms with Gasteiger partial charge in [-0.15, -0.1) is 0 Å². The minimum absolute atomic E-state index is 0.234. The molecule has 1 fully saturated rings. The number of carbonyl (C=O) groups is 1. The topological polar surface area (TPSA) is 49.8 Å². The summed E-state index contributed by atoms with van der Waals surface area (Å²) in [6, 6.07) is 6.81. The van der Waals surface area contributed by atoms with Gasteiger partial charge < -0.3 is 9.84 Å². The van der Waals surface area contributed by atoms with Crippen LogP contribution >= 0.6 is 0 Å². The molecule has 1 aliphatic rings. The third-order valence-electron chi connectivity index (χ3n) is 3.96. The van der Waals surface area contributed by atoms with Gasteiger partial charge in [0, 0.05) is 13.1 Å². The van der Waals surface area contributed by atoms with Crippen LogP contribution in [0.15, 0.2) is 24.3 Å². The summed E-state index contributed by atoms with van der Waals surface area (Å²) in [6.07, 6.45) is 3.82. The molecular formula is C16H23NO3. The van der Waals surface area contributed by atoms with E-state index in [1.54, 1.807) is 24.3 Å². The van der Waals surface area contributed by atoms with Gasteiger partial charge in [0.2, 0.25) is 0 Å². The molecule has 0 aliphatic carbocycles. The Labute approximate surface area is 120 Å². The normalized spacial score (nSPS) is 19.8. The van der Waals surface area contributed by atoms with Gasteiger partial charge in [0.05, 0.1) is 0 Å². The van der Waals surface area contributed by atoms with Crippen molar-refractivity contribution in [2.24, 2.45) is 5.92 Å². The SMILES string of the molecule is CCC1CCCN(CCOc2ccccc2C(=O)O)C1. The van der Waals surface area contributed by atoms with E-state index in [1.807, 2.05) is 0 Å². The van der Waals surface area contributed by atoms with Crippen LogP contribution in [-0.2, 0) is 0 Å². The van der Waals surface area contributed by atoms with Crippen LogP contribution in [0, 0.1) is 5.92 Å². The quantitative estimate of drug-likeness (QED) is 0.868. The first kappa shape index (κ1) is 14.9. The van der Waals surface area contributed by atoms with Gasteiger partial charge in [-0.25, -0.2) is 4.79 Å². The smallest absolute Gasteiger partial charge is 0.339 e. The minimum atomic E-state index is -0.940. The summed E-state index contributed by atoms with van der Waals surface area (Å²) in [4.78, 5) is 13.5. The summed E-state index contributed by atoms with van der Waals surface area (Å²) in [6.45, 7) is 5.92. The van der Waals surface area contributed by atoms with E-state index < -0.39 is 5.97 Å². The summed E-state index contributed by atoms with van der Waals surface area (Å²) in [7, 11) is 0. The Balaban J connectivity index is 1.82. The Kier molecular flexibility index (Phi) is 5.41. The highest BCUT2D eigenvalue weighted by Gasteiger charge is 2.18. The highest BCUT2D eigenvalue weighted by molar-refractivity contribution is 5.90. The fraction of sp³-hybridized carbons (Fsp3) is 0.562. The van der Waals surface area contributed by atoms with Crippen molar-refractivity contribution in [3.05, 3.63) is 29.8 Å². The van der Waals surface area contributed by atoms with Gasteiger partial charge in [0.15, 0.2) is 0 Å². The van der Waals surface area contributed by atoms with Gasteiger partial charge in [-0.3, -0.25) is 4.90 Å². The molecule has 1 aromatic carbocycles. The van der Waals surface area contributed by atoms with E-state index >= 15 is 0 Å². The first-order valence-electron chi connectivity index (χ1n) is 7.38. The lowest BCUT2D eigenvalue weighted by Gasteiger charge is -2.32. The number of nitrogens with zero attached hydrogens (tertiary/aromatic N) is 1. The molecule has 1 unspecified atom stereocenters. The first-order chi connectivity index (χ1) is 9.70. The molecule has 1 N–H and O–H groups in total. The number of hydrogen-bond donors (Lipinski definition) is 1. The zero-order valence-corrected chi connectivity index (χ0v) is 12.0. The second-order valence-electron chi connectivity index (χ2n) is 5.37. The molecule has 1 saturated heterocycles. The maximum absolute atomic E-state index is 11.1. The molecule has 1 atom stereocenters. The van der Waals surface area contributed by atoms with Crippen molar-refractivity contribution in [3.8, 4) is 5.75 Å². The summed E-state index contributed by atoms with van der Waals surface area (Å²) < 4.78 is 5.65. The van der Waals surface area contributed by atoms with E-state index in [4.69, 9.17) is 9.84 Å². The maximum atomic E-state index is 11.1. The van der Waals surface area contributed by atoms with Crippen molar-refractivity contribution in [2.45, 2.75) is 26.2 Å². The van der Waals surface area contributed by atoms with Crippen molar-refractivity contribution in [3.63, 3.8) is 0 Å². The van der Waals surface area contributed by atoms with E-state index in [-0.39, 0.29) is 5.56 Å². The highest BCUT2D eigenvalue weighted by atomic mass is 16.5. The standard InChI is InChI=1S/C16H23NO3/c1-2-13-6-5-9-17(12-13)10-11-20-15-8-4-3-7-14(15)16(18)19/h3-4,7-8,13H,2,5-6,9-12H2,1H3,(H,18,19). The third-order valence-corrected chi connectivity index (χ3v) is 3.96. The first-order valence-corrected chi connectivity index (χ1v) is 7.38. The number of ether oxygens (including phenoxy) is 1. The van der Waals surface area contributed by atoms with Gasteiger partial charge in [0.1, 0.15) is 17.9 Å². The second kappa shape index (κ2) is 7.29. The molecule has 20 heavy (non-hydrogen) atoms. The molecule has 1 heterocycles. The zero-order valence-electron chi connectivity index (χ0n) is 12.0. The number of carboxylic acid groups (broad SMARTS) is 1. The predicted molar refractivity (Wildman–Crippen MR) is 78.4 cm³/mol. The molecule has 2 rings (SSSR count). The molecule has 0 amide bonds. The van der Waals surface area contributed by atoms with E-state index in [9.17, 15) is 4.79 Å². The van der Waals surface area contributed by atoms with Gasteiger partial charge in [-0.2, -0.15) is 0 Å². The maximum Gasteiger partial charge on any atom is 0.339 e. The molecular weight excluding hydrogens is 254 g/mol. The van der Waals surface area contributed by atoms with Crippen LogP contribution in [0.2, 0.25) is 0 Å². The Morgan fingerprint density at radius 1 is 1.45 bits per heavy atom.